The molecule has 0 fully saturated rings. The highest BCUT2D eigenvalue weighted by Crippen LogP contribution is 2.00. The molecule has 0 aromatic heterocycles. The van der Waals surface area contributed by atoms with E-state index in [1.54, 1.807) is 0 Å². The first-order valence-electron chi connectivity index (χ1n) is 5.44. The Morgan fingerprint density at radius 2 is 3.40 bits per heavy atom. The van der Waals surface area contributed by atoms with Gasteiger partial charge in [0.25, 0.3) is 0 Å². The molecule has 0 amide bonds. The van der Waals surface area contributed by atoms with Gasteiger partial charge in [-0.2, -0.15) is 0 Å². The summed E-state index contributed by atoms with van der Waals surface area (Å²) in [6.07, 6.45) is -3.09. The smallest absolute Gasteiger partial charge is 0.0411 e. The van der Waals surface area contributed by atoms with Gasteiger partial charge in [0.1, 0.15) is 0 Å². The van der Waals surface area contributed by atoms with E-state index in [0.717, 1.165) is 22.6 Å². The van der Waals surface area contributed by atoms with Gasteiger partial charge in [-0.25, -0.2) is 0 Å². The van der Waals surface area contributed by atoms with Crippen molar-refractivity contribution in [2.45, 2.75) is 24.0 Å². The third-order valence-corrected chi connectivity index (χ3v) is 0.379. The van der Waals surface area contributed by atoms with Crippen molar-refractivity contribution < 1.29 is 12.3 Å². The fourth-order valence-electron chi connectivity index (χ4n) is 0. The zero-order chi connectivity index (χ0) is 12.0. The highest BCUT2D eigenvalue weighted by atomic mass is 127. The number of hydrogen-bond donors (Lipinski definition) is 0. The Morgan fingerprint density at radius 3 is 3.60 bits per heavy atom. The van der Waals surface area contributed by atoms with Crippen LogP contribution in [0.2, 0.25) is 0 Å². The van der Waals surface area contributed by atoms with E-state index in [9.17, 15) is 0 Å². The van der Waals surface area contributed by atoms with Crippen LogP contribution in [-0.2, 0) is 0 Å². The van der Waals surface area contributed by atoms with Crippen LogP contribution < -0.4 is 0 Å². The highest BCUT2D eigenvalue weighted by Gasteiger charge is 1.82. The van der Waals surface area contributed by atoms with Gasteiger partial charge in [0, 0.05) is 16.2 Å². The summed E-state index contributed by atoms with van der Waals surface area (Å²) in [5, 5.41) is 0. The summed E-state index contributed by atoms with van der Waals surface area (Å²) in [5.41, 5.74) is 0. The zero-order valence-electron chi connectivity index (χ0n) is 11.4. The first-order chi connectivity index (χ1) is 5.75. The topological polar surface area (TPSA) is 0 Å². The molecule has 0 nitrogen and oxygen atoms in total. The van der Waals surface area contributed by atoms with Crippen LogP contribution in [0.25, 0.3) is 0 Å². The molecule has 1 heteroatoms. The molecule has 0 saturated carbocycles. The van der Waals surface area contributed by atoms with Crippen LogP contribution in [0.4, 0.5) is 0 Å². The van der Waals surface area contributed by atoms with E-state index in [-0.39, 0.29) is 0 Å². The second-order valence-corrected chi connectivity index (χ2v) is 1.52. The van der Waals surface area contributed by atoms with Crippen LogP contribution in [0, 0.1) is 0 Å². The van der Waals surface area contributed by atoms with Crippen molar-refractivity contribution in [3.05, 3.63) is 0 Å². The monoisotopic (exact) mass is 193 g/mol. The second kappa shape index (κ2) is 2.94. The average Bonchev–Trinajstić information content (AvgIpc) is 1.81. The van der Waals surface area contributed by atoms with Crippen LogP contribution >= 0.6 is 22.6 Å². The van der Waals surface area contributed by atoms with Gasteiger partial charge in [-0.15, -0.1) is 0 Å². The van der Waals surface area contributed by atoms with E-state index >= 15 is 0 Å². The molecule has 0 heterocycles. The Morgan fingerprint density at radius 1 is 2.60 bits per heavy atom. The number of alkyl halides is 1. The normalized spacial score (nSPS) is 55.8. The lowest BCUT2D eigenvalue weighted by Gasteiger charge is -1.88. The van der Waals surface area contributed by atoms with Gasteiger partial charge in [0.15, 0.2) is 0 Å². The maximum Gasteiger partial charge on any atom is 0.0411 e. The molecule has 0 spiro atoms. The lowest BCUT2D eigenvalue weighted by Crippen LogP contribution is -1.79. The molecular formula is C4H9I. The van der Waals surface area contributed by atoms with E-state index in [1.807, 2.05) is 0 Å². The molecule has 0 aromatic rings. The van der Waals surface area contributed by atoms with E-state index in [1.165, 1.54) is 0 Å². The molecule has 1 atom stereocenters. The molecule has 0 N–H and O–H groups in total. The van der Waals surface area contributed by atoms with Gasteiger partial charge in [0.05, 0.1) is 0 Å². The lowest BCUT2D eigenvalue weighted by molar-refractivity contribution is 0.938. The van der Waals surface area contributed by atoms with Gasteiger partial charge >= 0.3 is 0 Å². The first kappa shape index (κ1) is 0.680. The molecule has 1 unspecified atom stereocenters. The molecular weight excluding hydrogens is 175 g/mol. The molecule has 0 aromatic carbocycles. The first-order valence-corrected chi connectivity index (χ1v) is 2.02. The van der Waals surface area contributed by atoms with Crippen LogP contribution in [0.5, 0.6) is 0 Å². The Hall–Kier alpha value is 0.730. The lowest BCUT2D eigenvalue weighted by atomic mass is 10.4. The zero-order valence-corrected chi connectivity index (χ0v) is 4.54. The summed E-state index contributed by atoms with van der Waals surface area (Å²) in [6.45, 7) is -6.13. The molecule has 0 rings (SSSR count). The highest BCUT2D eigenvalue weighted by molar-refractivity contribution is 14.1. The van der Waals surface area contributed by atoms with Gasteiger partial charge in [-0.05, 0) is 6.37 Å². The van der Waals surface area contributed by atoms with Crippen molar-refractivity contribution in [1.29, 1.82) is 0 Å². The summed E-state index contributed by atoms with van der Waals surface area (Å²) in [7, 11) is 0. The van der Waals surface area contributed by atoms with Gasteiger partial charge in [0.2, 0.25) is 0 Å². The summed E-state index contributed by atoms with van der Waals surface area (Å²) in [5.74, 6) is 0. The van der Waals surface area contributed by atoms with Crippen LogP contribution in [0.1, 0.15) is 32.4 Å². The van der Waals surface area contributed by atoms with Gasteiger partial charge < -0.3 is 0 Å². The Balaban J connectivity index is 5.30. The Labute approximate surface area is 59.7 Å². The molecule has 5 heavy (non-hydrogen) atoms. The summed E-state index contributed by atoms with van der Waals surface area (Å²) < 4.78 is 60.3. The summed E-state index contributed by atoms with van der Waals surface area (Å²) >= 11 is 1.02. The molecule has 0 aliphatic carbocycles. The standard InChI is InChI=1S/C4H9I/c1-3-4(2)5/h4H,3H2,1-2H3/i1D3,2D3,3D2,4D. The molecule has 0 aliphatic rings. The maximum atomic E-state index is 7.33. The fraction of sp³-hybridized carbons (Fsp3) is 1.00. The quantitative estimate of drug-likeness (QED) is 0.442. The molecule has 0 saturated heterocycles. The number of halogens is 1. The van der Waals surface area contributed by atoms with Crippen LogP contribution in [0.15, 0.2) is 0 Å². The minimum atomic E-state index is -3.13. The number of rotatable bonds is 1. The maximum absolute atomic E-state index is 7.33. The van der Waals surface area contributed by atoms with E-state index < -0.39 is 24.0 Å². The van der Waals surface area contributed by atoms with Crippen LogP contribution in [-0.4, -0.2) is 3.90 Å². The SMILES string of the molecule is [2H]C([2H])([2H])C([2H])([2H])C([2H])(I)C([2H])([2H])[2H]. The third-order valence-electron chi connectivity index (χ3n) is 0.110. The van der Waals surface area contributed by atoms with Crippen molar-refractivity contribution in [2.24, 2.45) is 0 Å². The predicted molar refractivity (Wildman–Crippen MR) is 33.8 cm³/mol. The van der Waals surface area contributed by atoms with Crippen molar-refractivity contribution in [1.82, 2.24) is 0 Å². The minimum Gasteiger partial charge on any atom is -0.0829 e. The third kappa shape index (κ3) is 4.73. The second-order valence-electron chi connectivity index (χ2n) is 0.439. The van der Waals surface area contributed by atoms with E-state index in [4.69, 9.17) is 12.3 Å². The van der Waals surface area contributed by atoms with E-state index in [2.05, 4.69) is 0 Å². The average molecular weight is 193 g/mol. The number of hydrogen-bond acceptors (Lipinski definition) is 0. The van der Waals surface area contributed by atoms with E-state index in [0.29, 0.717) is 0 Å². The molecule has 0 radical (unpaired) electrons. The molecule has 32 valence electrons. The minimum absolute atomic E-state index is 1.02. The van der Waals surface area contributed by atoms with Gasteiger partial charge in [-0.3, -0.25) is 0 Å². The van der Waals surface area contributed by atoms with Crippen molar-refractivity contribution in [3.63, 3.8) is 0 Å². The largest absolute Gasteiger partial charge is 0.0829 e. The molecule has 0 aliphatic heterocycles. The Kier molecular flexibility index (Phi) is 0.400. The van der Waals surface area contributed by atoms with Crippen molar-refractivity contribution in [3.8, 4) is 0 Å². The summed E-state index contributed by atoms with van der Waals surface area (Å²) in [4.78, 5) is 0. The van der Waals surface area contributed by atoms with Crippen LogP contribution in [0.3, 0.4) is 0 Å². The fourth-order valence-corrected chi connectivity index (χ4v) is 0. The van der Waals surface area contributed by atoms with Gasteiger partial charge in [-0.1, -0.05) is 36.3 Å². The summed E-state index contributed by atoms with van der Waals surface area (Å²) in [6, 6.07) is 0. The predicted octanol–water partition coefficient (Wildman–Crippen LogP) is 2.22. The molecule has 0 bridgehead atoms. The Bertz CT molecular complexity index is 186. The van der Waals surface area contributed by atoms with Crippen molar-refractivity contribution in [2.75, 3.05) is 0 Å². The van der Waals surface area contributed by atoms with Crippen molar-refractivity contribution >= 4 is 22.6 Å².